The third-order valence-corrected chi connectivity index (χ3v) is 7.63. The molecule has 2 aliphatic heterocycles. The maximum Gasteiger partial charge on any atom is 0.267 e. The van der Waals surface area contributed by atoms with Crippen molar-refractivity contribution in [3.05, 3.63) is 80.1 Å². The average Bonchev–Trinajstić information content (AvgIpc) is 3.10. The molecule has 3 aromatic rings. The monoisotopic (exact) mass is 490 g/mol. The lowest BCUT2D eigenvalue weighted by Gasteiger charge is -2.29. The first kappa shape index (κ1) is 22.8. The lowest BCUT2D eigenvalue weighted by Crippen LogP contribution is -2.33. The zero-order valence-electron chi connectivity index (χ0n) is 19.3. The first-order valence-electron chi connectivity index (χ1n) is 11.5. The van der Waals surface area contributed by atoms with Crippen LogP contribution in [0.2, 0.25) is 0 Å². The van der Waals surface area contributed by atoms with E-state index in [1.165, 1.54) is 23.7 Å². The molecule has 174 valence electrons. The number of rotatable bonds is 4. The number of nitrogens with zero attached hydrogens (tertiary/aromatic N) is 4. The van der Waals surface area contributed by atoms with Crippen LogP contribution in [0.3, 0.4) is 0 Å². The SMILES string of the molecule is Cc1ccc(CN2C(=O)/C(=C\c3c(N4CCCCC4)nc4ccc(C)cn4c3=O)SC2=S)cc1. The van der Waals surface area contributed by atoms with Gasteiger partial charge in [0.05, 0.1) is 17.0 Å². The van der Waals surface area contributed by atoms with Crippen LogP contribution in [0.5, 0.6) is 0 Å². The predicted molar refractivity (Wildman–Crippen MR) is 142 cm³/mol. The summed E-state index contributed by atoms with van der Waals surface area (Å²) in [6, 6.07) is 11.9. The molecular formula is C26H26N4O2S2. The summed E-state index contributed by atoms with van der Waals surface area (Å²) in [5.74, 6) is 0.478. The van der Waals surface area contributed by atoms with Crippen LogP contribution in [0.25, 0.3) is 11.7 Å². The van der Waals surface area contributed by atoms with Crippen molar-refractivity contribution in [3.8, 4) is 0 Å². The Hall–Kier alpha value is -2.97. The largest absolute Gasteiger partial charge is 0.356 e. The van der Waals surface area contributed by atoms with Crippen LogP contribution in [0.4, 0.5) is 5.82 Å². The van der Waals surface area contributed by atoms with Gasteiger partial charge in [0.2, 0.25) is 0 Å². The number of pyridine rings is 1. The summed E-state index contributed by atoms with van der Waals surface area (Å²) in [6.45, 7) is 6.09. The van der Waals surface area contributed by atoms with Gasteiger partial charge in [-0.3, -0.25) is 18.9 Å². The summed E-state index contributed by atoms with van der Waals surface area (Å²) in [5, 5.41) is 0. The first-order chi connectivity index (χ1) is 16.4. The number of thiocarbonyl (C=S) groups is 1. The standard InChI is InChI=1S/C26H26N4O2S2/c1-17-6-9-19(10-7-17)16-30-25(32)21(34-26(30)33)14-20-23(28-12-4-3-5-13-28)27-22-11-8-18(2)15-29(22)24(20)31/h6-11,14-15H,3-5,12-13,16H2,1-2H3/b21-14+. The maximum atomic E-state index is 13.6. The number of hydrogen-bond donors (Lipinski definition) is 0. The Kier molecular flexibility index (Phi) is 6.27. The molecule has 2 saturated heterocycles. The molecule has 4 heterocycles. The van der Waals surface area contributed by atoms with E-state index < -0.39 is 0 Å². The van der Waals surface area contributed by atoms with Crippen molar-refractivity contribution in [2.75, 3.05) is 18.0 Å². The summed E-state index contributed by atoms with van der Waals surface area (Å²) in [4.78, 5) is 36.0. The molecule has 0 spiro atoms. The number of benzene rings is 1. The minimum absolute atomic E-state index is 0.168. The number of carbonyl (C=O) groups excluding carboxylic acids is 1. The zero-order chi connectivity index (χ0) is 23.8. The summed E-state index contributed by atoms with van der Waals surface area (Å²) >= 11 is 6.78. The summed E-state index contributed by atoms with van der Waals surface area (Å²) in [7, 11) is 0. The lowest BCUT2D eigenvalue weighted by atomic mass is 10.1. The van der Waals surface area contributed by atoms with Gasteiger partial charge in [0.15, 0.2) is 0 Å². The number of fused-ring (bicyclic) bond motifs is 1. The molecule has 0 atom stereocenters. The van der Waals surface area contributed by atoms with Crippen LogP contribution in [0.15, 0.2) is 52.3 Å². The van der Waals surface area contributed by atoms with Gasteiger partial charge < -0.3 is 4.90 Å². The predicted octanol–water partition coefficient (Wildman–Crippen LogP) is 4.70. The second-order valence-electron chi connectivity index (χ2n) is 8.89. The molecule has 0 aliphatic carbocycles. The van der Waals surface area contributed by atoms with Crippen molar-refractivity contribution in [2.45, 2.75) is 39.7 Å². The highest BCUT2D eigenvalue weighted by Crippen LogP contribution is 2.34. The Morgan fingerprint density at radius 2 is 1.71 bits per heavy atom. The average molecular weight is 491 g/mol. The molecule has 0 radical (unpaired) electrons. The van der Waals surface area contributed by atoms with Gasteiger partial charge in [-0.2, -0.15) is 0 Å². The molecule has 1 aromatic carbocycles. The minimum atomic E-state index is -0.172. The van der Waals surface area contributed by atoms with Crippen LogP contribution in [-0.2, 0) is 11.3 Å². The molecule has 2 aliphatic rings. The normalized spacial score (nSPS) is 17.9. The van der Waals surface area contributed by atoms with Gasteiger partial charge in [0, 0.05) is 19.3 Å². The first-order valence-corrected chi connectivity index (χ1v) is 12.7. The molecule has 0 bridgehead atoms. The fourth-order valence-electron chi connectivity index (χ4n) is 4.36. The number of amides is 1. The molecule has 34 heavy (non-hydrogen) atoms. The van der Waals surface area contributed by atoms with Crippen LogP contribution in [0, 0.1) is 13.8 Å². The fourth-order valence-corrected chi connectivity index (χ4v) is 5.60. The number of anilines is 1. The third kappa shape index (κ3) is 4.40. The molecule has 0 saturated carbocycles. The molecule has 6 nitrogen and oxygen atoms in total. The number of aryl methyl sites for hydroxylation is 2. The Balaban J connectivity index is 1.56. The highest BCUT2D eigenvalue weighted by atomic mass is 32.2. The van der Waals surface area contributed by atoms with Crippen LogP contribution >= 0.6 is 24.0 Å². The van der Waals surface area contributed by atoms with Crippen LogP contribution in [-0.4, -0.2) is 37.6 Å². The molecule has 2 fully saturated rings. The molecular weight excluding hydrogens is 464 g/mol. The van der Waals surface area contributed by atoms with E-state index in [0.29, 0.717) is 32.8 Å². The second kappa shape index (κ2) is 9.35. The van der Waals surface area contributed by atoms with Gasteiger partial charge in [-0.05, 0) is 56.4 Å². The number of piperidine rings is 1. The van der Waals surface area contributed by atoms with Gasteiger partial charge in [-0.25, -0.2) is 4.98 Å². The van der Waals surface area contributed by atoms with Gasteiger partial charge in [0.1, 0.15) is 15.8 Å². The van der Waals surface area contributed by atoms with Gasteiger partial charge in [-0.1, -0.05) is 59.9 Å². The van der Waals surface area contributed by atoms with Crippen LogP contribution < -0.4 is 10.5 Å². The molecule has 8 heteroatoms. The number of hydrogen-bond acceptors (Lipinski definition) is 6. The summed E-state index contributed by atoms with van der Waals surface area (Å²) < 4.78 is 2.07. The van der Waals surface area contributed by atoms with Crippen molar-refractivity contribution in [2.24, 2.45) is 0 Å². The topological polar surface area (TPSA) is 57.9 Å². The van der Waals surface area contributed by atoms with Crippen molar-refractivity contribution in [1.29, 1.82) is 0 Å². The molecule has 0 unspecified atom stereocenters. The maximum absolute atomic E-state index is 13.6. The van der Waals surface area contributed by atoms with Gasteiger partial charge in [0.25, 0.3) is 11.5 Å². The van der Waals surface area contributed by atoms with E-state index in [1.807, 2.05) is 50.2 Å². The Morgan fingerprint density at radius 3 is 2.44 bits per heavy atom. The molecule has 0 N–H and O–H groups in total. The van der Waals surface area contributed by atoms with Gasteiger partial charge >= 0.3 is 0 Å². The van der Waals surface area contributed by atoms with Crippen LogP contribution in [0.1, 0.15) is 41.5 Å². The number of aromatic nitrogens is 2. The lowest BCUT2D eigenvalue weighted by molar-refractivity contribution is -0.122. The van der Waals surface area contributed by atoms with Crippen molar-refractivity contribution in [3.63, 3.8) is 0 Å². The third-order valence-electron chi connectivity index (χ3n) is 6.25. The van der Waals surface area contributed by atoms with E-state index in [1.54, 1.807) is 21.6 Å². The van der Waals surface area contributed by atoms with Gasteiger partial charge in [-0.15, -0.1) is 0 Å². The summed E-state index contributed by atoms with van der Waals surface area (Å²) in [5.41, 5.74) is 4.04. The Bertz CT molecular complexity index is 1370. The Morgan fingerprint density at radius 1 is 1.00 bits per heavy atom. The van der Waals surface area contributed by atoms with E-state index in [4.69, 9.17) is 17.2 Å². The Labute approximate surface area is 208 Å². The second-order valence-corrected chi connectivity index (χ2v) is 10.6. The quantitative estimate of drug-likeness (QED) is 0.390. The molecule has 2 aromatic heterocycles. The number of carbonyl (C=O) groups is 1. The van der Waals surface area contributed by atoms with E-state index in [2.05, 4.69) is 4.90 Å². The van der Waals surface area contributed by atoms with E-state index >= 15 is 0 Å². The zero-order valence-corrected chi connectivity index (χ0v) is 20.9. The highest BCUT2D eigenvalue weighted by Gasteiger charge is 2.33. The van der Waals surface area contributed by atoms with E-state index in [-0.39, 0.29) is 11.5 Å². The minimum Gasteiger partial charge on any atom is -0.356 e. The molecule has 1 amide bonds. The summed E-state index contributed by atoms with van der Waals surface area (Å²) in [6.07, 6.45) is 6.79. The number of thioether (sulfide) groups is 1. The molecule has 5 rings (SSSR count). The van der Waals surface area contributed by atoms with E-state index in [9.17, 15) is 9.59 Å². The van der Waals surface area contributed by atoms with Crippen molar-refractivity contribution in [1.82, 2.24) is 14.3 Å². The van der Waals surface area contributed by atoms with Crippen molar-refractivity contribution < 1.29 is 4.79 Å². The smallest absolute Gasteiger partial charge is 0.267 e. The highest BCUT2D eigenvalue weighted by molar-refractivity contribution is 8.26. The van der Waals surface area contributed by atoms with Crippen molar-refractivity contribution >= 4 is 51.7 Å². The van der Waals surface area contributed by atoms with E-state index in [0.717, 1.165) is 37.1 Å². The fraction of sp³-hybridized carbons (Fsp3) is 0.308.